The van der Waals surface area contributed by atoms with E-state index >= 15 is 0 Å². The van der Waals surface area contributed by atoms with Crippen molar-refractivity contribution in [3.63, 3.8) is 0 Å². The first-order valence-electron chi connectivity index (χ1n) is 5.77. The molecular weight excluding hydrogens is 242 g/mol. The molecular formula is C12H20ClNOS. The Hall–Kier alpha value is -0.0900. The topological polar surface area (TPSA) is 32.3 Å². The number of aliphatic hydroxyl groups is 1. The van der Waals surface area contributed by atoms with Crippen LogP contribution in [0.1, 0.15) is 37.7 Å². The molecule has 4 heteroatoms. The smallest absolute Gasteiger partial charge is 0.101 e. The van der Waals surface area contributed by atoms with Crippen LogP contribution >= 0.6 is 22.9 Å². The molecule has 1 aromatic rings. The number of nitrogens with one attached hydrogen (secondary N) is 1. The maximum atomic E-state index is 9.87. The van der Waals surface area contributed by atoms with Crippen molar-refractivity contribution in [1.82, 2.24) is 5.32 Å². The fourth-order valence-electron chi connectivity index (χ4n) is 1.67. The third kappa shape index (κ3) is 4.83. The highest BCUT2D eigenvalue weighted by Gasteiger charge is 2.10. The zero-order valence-electron chi connectivity index (χ0n) is 9.87. The van der Waals surface area contributed by atoms with Crippen LogP contribution < -0.4 is 5.32 Å². The summed E-state index contributed by atoms with van der Waals surface area (Å²) in [7, 11) is 0. The van der Waals surface area contributed by atoms with Crippen molar-refractivity contribution in [3.8, 4) is 0 Å². The predicted molar refractivity (Wildman–Crippen MR) is 71.2 cm³/mol. The van der Waals surface area contributed by atoms with Crippen molar-refractivity contribution in [2.24, 2.45) is 5.92 Å². The summed E-state index contributed by atoms with van der Waals surface area (Å²) in [5.74, 6) is 0.670. The second kappa shape index (κ2) is 7.28. The molecule has 0 radical (unpaired) electrons. The molecule has 1 heterocycles. The second-order valence-electron chi connectivity index (χ2n) is 4.21. The van der Waals surface area contributed by atoms with Gasteiger partial charge >= 0.3 is 0 Å². The zero-order chi connectivity index (χ0) is 12.0. The fraction of sp³-hybridized carbons (Fsp3) is 0.667. The Morgan fingerprint density at radius 1 is 1.44 bits per heavy atom. The first-order chi connectivity index (χ1) is 7.63. The molecule has 0 aliphatic carbocycles. The van der Waals surface area contributed by atoms with Gasteiger partial charge in [0.1, 0.15) is 6.10 Å². The van der Waals surface area contributed by atoms with Gasteiger partial charge in [-0.25, -0.2) is 0 Å². The normalized spacial score (nSPS) is 15.0. The largest absolute Gasteiger partial charge is 0.386 e. The van der Waals surface area contributed by atoms with E-state index in [-0.39, 0.29) is 0 Å². The number of hydrogen-bond acceptors (Lipinski definition) is 3. The molecule has 2 unspecified atom stereocenters. The molecule has 1 rings (SSSR count). The standard InChI is InChI=1S/C12H20ClNOS/c1-3-4-9(2)7-14-8-10(15)11-5-6-12(13)16-11/h5-6,9-10,14-15H,3-4,7-8H2,1-2H3. The monoisotopic (exact) mass is 261 g/mol. The average Bonchev–Trinajstić information content (AvgIpc) is 2.65. The van der Waals surface area contributed by atoms with Crippen LogP contribution in [0.5, 0.6) is 0 Å². The van der Waals surface area contributed by atoms with Gasteiger partial charge in [-0.1, -0.05) is 31.9 Å². The summed E-state index contributed by atoms with van der Waals surface area (Å²) in [5, 5.41) is 13.2. The highest BCUT2D eigenvalue weighted by molar-refractivity contribution is 7.16. The van der Waals surface area contributed by atoms with E-state index in [4.69, 9.17) is 11.6 Å². The third-order valence-corrected chi connectivity index (χ3v) is 3.87. The van der Waals surface area contributed by atoms with Gasteiger partial charge in [-0.2, -0.15) is 0 Å². The molecule has 0 spiro atoms. The van der Waals surface area contributed by atoms with Crippen molar-refractivity contribution < 1.29 is 5.11 Å². The SMILES string of the molecule is CCCC(C)CNCC(O)c1ccc(Cl)s1. The van der Waals surface area contributed by atoms with E-state index in [1.165, 1.54) is 24.2 Å². The fourth-order valence-corrected chi connectivity index (χ4v) is 2.72. The molecule has 0 aromatic carbocycles. The summed E-state index contributed by atoms with van der Waals surface area (Å²) in [4.78, 5) is 0.931. The van der Waals surface area contributed by atoms with Crippen molar-refractivity contribution >= 4 is 22.9 Å². The number of hydrogen-bond donors (Lipinski definition) is 2. The molecule has 2 N–H and O–H groups in total. The van der Waals surface area contributed by atoms with Gasteiger partial charge in [0.2, 0.25) is 0 Å². The minimum absolute atomic E-state index is 0.439. The Kier molecular flexibility index (Phi) is 6.36. The van der Waals surface area contributed by atoms with Crippen LogP contribution in [0.3, 0.4) is 0 Å². The molecule has 16 heavy (non-hydrogen) atoms. The lowest BCUT2D eigenvalue weighted by Gasteiger charge is -2.14. The van der Waals surface area contributed by atoms with Crippen molar-refractivity contribution in [2.75, 3.05) is 13.1 Å². The van der Waals surface area contributed by atoms with E-state index in [9.17, 15) is 5.11 Å². The van der Waals surface area contributed by atoms with E-state index in [1.807, 2.05) is 12.1 Å². The Labute approximate surface area is 107 Å². The third-order valence-electron chi connectivity index (χ3n) is 2.53. The highest BCUT2D eigenvalue weighted by Crippen LogP contribution is 2.26. The van der Waals surface area contributed by atoms with Gasteiger partial charge in [-0.05, 0) is 31.0 Å². The molecule has 92 valence electrons. The predicted octanol–water partition coefficient (Wildman–Crippen LogP) is 3.46. The lowest BCUT2D eigenvalue weighted by molar-refractivity contribution is 0.176. The lowest BCUT2D eigenvalue weighted by atomic mass is 10.1. The lowest BCUT2D eigenvalue weighted by Crippen LogP contribution is -2.25. The van der Waals surface area contributed by atoms with Gasteiger partial charge in [0.05, 0.1) is 4.34 Å². The quantitative estimate of drug-likeness (QED) is 0.788. The molecule has 0 fully saturated rings. The van der Waals surface area contributed by atoms with Crippen molar-refractivity contribution in [1.29, 1.82) is 0 Å². The van der Waals surface area contributed by atoms with E-state index in [0.29, 0.717) is 12.5 Å². The van der Waals surface area contributed by atoms with Crippen LogP contribution in [0.15, 0.2) is 12.1 Å². The van der Waals surface area contributed by atoms with Crippen LogP contribution in [0.4, 0.5) is 0 Å². The number of rotatable bonds is 7. The Morgan fingerprint density at radius 3 is 2.75 bits per heavy atom. The molecule has 0 aliphatic rings. The zero-order valence-corrected chi connectivity index (χ0v) is 11.4. The van der Waals surface area contributed by atoms with E-state index < -0.39 is 6.10 Å². The van der Waals surface area contributed by atoms with Gasteiger partial charge in [0.15, 0.2) is 0 Å². The summed E-state index contributed by atoms with van der Waals surface area (Å²) < 4.78 is 0.730. The maximum absolute atomic E-state index is 9.87. The maximum Gasteiger partial charge on any atom is 0.101 e. The minimum Gasteiger partial charge on any atom is -0.386 e. The van der Waals surface area contributed by atoms with E-state index in [0.717, 1.165) is 15.8 Å². The first-order valence-corrected chi connectivity index (χ1v) is 6.97. The van der Waals surface area contributed by atoms with Gasteiger partial charge in [-0.15, -0.1) is 11.3 Å². The van der Waals surface area contributed by atoms with Crippen LogP contribution in [-0.2, 0) is 0 Å². The molecule has 1 aromatic heterocycles. The highest BCUT2D eigenvalue weighted by atomic mass is 35.5. The van der Waals surface area contributed by atoms with Crippen molar-refractivity contribution in [3.05, 3.63) is 21.3 Å². The molecule has 2 atom stereocenters. The molecule has 0 aliphatic heterocycles. The summed E-state index contributed by atoms with van der Waals surface area (Å²) in [6.07, 6.45) is 2.01. The number of aliphatic hydroxyl groups excluding tert-OH is 1. The van der Waals surface area contributed by atoms with Gasteiger partial charge < -0.3 is 10.4 Å². The van der Waals surface area contributed by atoms with Crippen LogP contribution in [-0.4, -0.2) is 18.2 Å². The van der Waals surface area contributed by atoms with E-state index in [1.54, 1.807) is 0 Å². The Bertz CT molecular complexity index is 303. The minimum atomic E-state index is -0.439. The van der Waals surface area contributed by atoms with Gasteiger partial charge in [0.25, 0.3) is 0 Å². The summed E-state index contributed by atoms with van der Waals surface area (Å²) in [6, 6.07) is 3.71. The molecule has 0 bridgehead atoms. The Balaban J connectivity index is 2.22. The first kappa shape index (κ1) is 14.0. The van der Waals surface area contributed by atoms with Crippen LogP contribution in [0, 0.1) is 5.92 Å². The Morgan fingerprint density at radius 2 is 2.19 bits per heavy atom. The molecule has 0 amide bonds. The van der Waals surface area contributed by atoms with E-state index in [2.05, 4.69) is 19.2 Å². The van der Waals surface area contributed by atoms with Crippen LogP contribution in [0.25, 0.3) is 0 Å². The molecule has 2 nitrogen and oxygen atoms in total. The van der Waals surface area contributed by atoms with Crippen molar-refractivity contribution in [2.45, 2.75) is 32.8 Å². The average molecular weight is 262 g/mol. The summed E-state index contributed by atoms with van der Waals surface area (Å²) in [6.45, 7) is 5.98. The number of thiophene rings is 1. The molecule has 0 saturated carbocycles. The van der Waals surface area contributed by atoms with Gasteiger partial charge in [0, 0.05) is 11.4 Å². The van der Waals surface area contributed by atoms with Gasteiger partial charge in [-0.3, -0.25) is 0 Å². The number of halogens is 1. The van der Waals surface area contributed by atoms with Crippen LogP contribution in [0.2, 0.25) is 4.34 Å². The second-order valence-corrected chi connectivity index (χ2v) is 5.96. The summed E-state index contributed by atoms with van der Waals surface area (Å²) >= 11 is 7.26. The summed E-state index contributed by atoms with van der Waals surface area (Å²) in [5.41, 5.74) is 0. The molecule has 0 saturated heterocycles.